The SMILES string of the molecule is NC(N)=NC(=O)C1=COCc2ccccc2C1. The molecule has 0 aliphatic carbocycles. The maximum atomic E-state index is 11.7. The van der Waals surface area contributed by atoms with Crippen molar-refractivity contribution in [2.45, 2.75) is 13.0 Å². The van der Waals surface area contributed by atoms with Crippen molar-refractivity contribution in [3.8, 4) is 0 Å². The zero-order chi connectivity index (χ0) is 12.3. The van der Waals surface area contributed by atoms with Crippen molar-refractivity contribution in [1.29, 1.82) is 0 Å². The fraction of sp³-hybridized carbons (Fsp3) is 0.167. The van der Waals surface area contributed by atoms with Crippen molar-refractivity contribution in [3.05, 3.63) is 47.2 Å². The van der Waals surface area contributed by atoms with Crippen LogP contribution in [-0.2, 0) is 22.6 Å². The van der Waals surface area contributed by atoms with E-state index < -0.39 is 5.91 Å². The topological polar surface area (TPSA) is 90.7 Å². The molecule has 88 valence electrons. The van der Waals surface area contributed by atoms with Gasteiger partial charge in [-0.25, -0.2) is 0 Å². The summed E-state index contributed by atoms with van der Waals surface area (Å²) < 4.78 is 5.30. The maximum absolute atomic E-state index is 11.7. The molecule has 1 aromatic carbocycles. The summed E-state index contributed by atoms with van der Waals surface area (Å²) in [6.07, 6.45) is 1.90. The molecule has 5 heteroatoms. The molecular weight excluding hydrogens is 218 g/mol. The van der Waals surface area contributed by atoms with Gasteiger partial charge >= 0.3 is 0 Å². The molecule has 1 amide bonds. The van der Waals surface area contributed by atoms with Gasteiger partial charge in [0.25, 0.3) is 5.91 Å². The molecule has 1 aliphatic rings. The van der Waals surface area contributed by atoms with Crippen molar-refractivity contribution in [2.24, 2.45) is 16.5 Å². The van der Waals surface area contributed by atoms with Crippen LogP contribution in [0.25, 0.3) is 0 Å². The normalized spacial score (nSPS) is 13.8. The van der Waals surface area contributed by atoms with Crippen LogP contribution in [0.5, 0.6) is 0 Å². The van der Waals surface area contributed by atoms with E-state index in [1.54, 1.807) is 0 Å². The molecule has 5 nitrogen and oxygen atoms in total. The Bertz CT molecular complexity index is 502. The molecule has 0 aromatic heterocycles. The number of nitrogens with zero attached hydrogens (tertiary/aromatic N) is 1. The molecule has 0 radical (unpaired) electrons. The largest absolute Gasteiger partial charge is 0.496 e. The predicted molar refractivity (Wildman–Crippen MR) is 63.8 cm³/mol. The first-order chi connectivity index (χ1) is 8.16. The molecule has 1 aromatic rings. The Morgan fingerprint density at radius 2 is 1.94 bits per heavy atom. The van der Waals surface area contributed by atoms with E-state index in [-0.39, 0.29) is 5.96 Å². The van der Waals surface area contributed by atoms with E-state index in [0.717, 1.165) is 11.1 Å². The molecule has 0 unspecified atom stereocenters. The lowest BCUT2D eigenvalue weighted by atomic mass is 10.0. The van der Waals surface area contributed by atoms with Gasteiger partial charge in [-0.1, -0.05) is 24.3 Å². The van der Waals surface area contributed by atoms with E-state index in [1.165, 1.54) is 6.26 Å². The van der Waals surface area contributed by atoms with Gasteiger partial charge in [-0.3, -0.25) is 4.79 Å². The predicted octanol–water partition coefficient (Wildman–Crippen LogP) is 0.443. The van der Waals surface area contributed by atoms with Crippen LogP contribution in [-0.4, -0.2) is 11.9 Å². The first-order valence-electron chi connectivity index (χ1n) is 5.18. The number of guanidine groups is 1. The lowest BCUT2D eigenvalue weighted by molar-refractivity contribution is -0.114. The van der Waals surface area contributed by atoms with Crippen LogP contribution in [0.15, 0.2) is 41.1 Å². The third-order valence-corrected chi connectivity index (χ3v) is 2.47. The van der Waals surface area contributed by atoms with Crippen molar-refractivity contribution in [1.82, 2.24) is 0 Å². The molecule has 2 rings (SSSR count). The van der Waals surface area contributed by atoms with Crippen LogP contribution in [0.3, 0.4) is 0 Å². The van der Waals surface area contributed by atoms with Gasteiger partial charge in [-0.05, 0) is 11.1 Å². The Hall–Kier alpha value is -2.30. The van der Waals surface area contributed by atoms with Crippen LogP contribution in [0.4, 0.5) is 0 Å². The van der Waals surface area contributed by atoms with E-state index in [2.05, 4.69) is 4.99 Å². The van der Waals surface area contributed by atoms with Crippen LogP contribution in [0, 0.1) is 0 Å². The first-order valence-corrected chi connectivity index (χ1v) is 5.18. The van der Waals surface area contributed by atoms with Crippen molar-refractivity contribution >= 4 is 11.9 Å². The zero-order valence-electron chi connectivity index (χ0n) is 9.22. The number of rotatable bonds is 1. The van der Waals surface area contributed by atoms with E-state index in [1.807, 2.05) is 24.3 Å². The van der Waals surface area contributed by atoms with Crippen LogP contribution in [0.1, 0.15) is 11.1 Å². The third-order valence-electron chi connectivity index (χ3n) is 2.47. The van der Waals surface area contributed by atoms with E-state index in [4.69, 9.17) is 16.2 Å². The van der Waals surface area contributed by atoms with Gasteiger partial charge in [0.15, 0.2) is 5.96 Å². The van der Waals surface area contributed by atoms with Gasteiger partial charge in [-0.15, -0.1) is 0 Å². The van der Waals surface area contributed by atoms with Crippen LogP contribution in [0.2, 0.25) is 0 Å². The Kier molecular flexibility index (Phi) is 3.09. The number of nitrogens with two attached hydrogens (primary N) is 2. The third kappa shape index (κ3) is 2.63. The minimum Gasteiger partial charge on any atom is -0.496 e. The van der Waals surface area contributed by atoms with Gasteiger partial charge in [0.05, 0.1) is 11.8 Å². The number of aliphatic imine (C=N–C) groups is 1. The van der Waals surface area contributed by atoms with E-state index in [9.17, 15) is 4.79 Å². The fourth-order valence-electron chi connectivity index (χ4n) is 1.66. The highest BCUT2D eigenvalue weighted by atomic mass is 16.5. The summed E-state index contributed by atoms with van der Waals surface area (Å²) in [5.74, 6) is -0.699. The van der Waals surface area contributed by atoms with Gasteiger partial charge in [-0.2, -0.15) is 4.99 Å². The minimum atomic E-state index is -0.457. The summed E-state index contributed by atoms with van der Waals surface area (Å²) in [6.45, 7) is 0.453. The molecule has 17 heavy (non-hydrogen) atoms. The summed E-state index contributed by atoms with van der Waals surface area (Å²) in [6, 6.07) is 7.79. The van der Waals surface area contributed by atoms with Crippen LogP contribution >= 0.6 is 0 Å². The number of amides is 1. The smallest absolute Gasteiger partial charge is 0.279 e. The van der Waals surface area contributed by atoms with Crippen molar-refractivity contribution < 1.29 is 9.53 Å². The number of fused-ring (bicyclic) bond motifs is 1. The number of benzene rings is 1. The Morgan fingerprint density at radius 3 is 2.65 bits per heavy atom. The monoisotopic (exact) mass is 231 g/mol. The highest BCUT2D eigenvalue weighted by Gasteiger charge is 2.15. The number of carbonyl (C=O) groups excluding carboxylic acids is 1. The second-order valence-electron chi connectivity index (χ2n) is 3.74. The van der Waals surface area contributed by atoms with Gasteiger partial charge < -0.3 is 16.2 Å². The molecule has 0 bridgehead atoms. The van der Waals surface area contributed by atoms with Crippen LogP contribution < -0.4 is 11.5 Å². The number of hydrogen-bond donors (Lipinski definition) is 2. The number of ether oxygens (including phenoxy) is 1. The molecule has 1 aliphatic heterocycles. The Morgan fingerprint density at radius 1 is 1.24 bits per heavy atom. The Labute approximate surface area is 98.8 Å². The van der Waals surface area contributed by atoms with Gasteiger partial charge in [0, 0.05) is 6.42 Å². The molecule has 0 spiro atoms. The second kappa shape index (κ2) is 4.69. The Balaban J connectivity index is 2.25. The lowest BCUT2D eigenvalue weighted by Gasteiger charge is -2.04. The van der Waals surface area contributed by atoms with Crippen molar-refractivity contribution in [2.75, 3.05) is 0 Å². The van der Waals surface area contributed by atoms with Crippen molar-refractivity contribution in [3.63, 3.8) is 0 Å². The molecule has 0 saturated carbocycles. The number of carbonyl (C=O) groups is 1. The minimum absolute atomic E-state index is 0.242. The fourth-order valence-corrected chi connectivity index (χ4v) is 1.66. The highest BCUT2D eigenvalue weighted by molar-refractivity contribution is 6.01. The van der Waals surface area contributed by atoms with Gasteiger partial charge in [0.1, 0.15) is 6.61 Å². The lowest BCUT2D eigenvalue weighted by Crippen LogP contribution is -2.24. The molecule has 4 N–H and O–H groups in total. The number of hydrogen-bond acceptors (Lipinski definition) is 2. The molecular formula is C12H13N3O2. The molecule has 0 atom stereocenters. The second-order valence-corrected chi connectivity index (χ2v) is 3.74. The summed E-state index contributed by atoms with van der Waals surface area (Å²) in [4.78, 5) is 15.2. The quantitative estimate of drug-likeness (QED) is 0.542. The van der Waals surface area contributed by atoms with Gasteiger partial charge in [0.2, 0.25) is 0 Å². The average Bonchev–Trinajstić information content (AvgIpc) is 2.49. The van der Waals surface area contributed by atoms with E-state index in [0.29, 0.717) is 18.6 Å². The summed E-state index contributed by atoms with van der Waals surface area (Å²) in [5, 5.41) is 0. The zero-order valence-corrected chi connectivity index (χ0v) is 9.22. The molecule has 1 heterocycles. The first kappa shape index (κ1) is 11.2. The molecule has 0 fully saturated rings. The highest BCUT2D eigenvalue weighted by Crippen LogP contribution is 2.19. The summed E-state index contributed by atoms with van der Waals surface area (Å²) in [5.41, 5.74) is 12.9. The summed E-state index contributed by atoms with van der Waals surface area (Å²) >= 11 is 0. The average molecular weight is 231 g/mol. The summed E-state index contributed by atoms with van der Waals surface area (Å²) in [7, 11) is 0. The van der Waals surface area contributed by atoms with E-state index >= 15 is 0 Å². The maximum Gasteiger partial charge on any atom is 0.279 e. The standard InChI is InChI=1S/C12H13N3O2/c13-12(14)15-11(16)10-5-8-3-1-2-4-9(8)6-17-7-10/h1-4,7H,5-6H2,(H4,13,14,15,16). The molecule has 0 saturated heterocycles.